The number of carboxylic acid groups (broad SMARTS) is 1. The number of aliphatic carboxylic acids is 1. The summed E-state index contributed by atoms with van der Waals surface area (Å²) in [6.07, 6.45) is 1.65. The van der Waals surface area contributed by atoms with Gasteiger partial charge in [0.05, 0.1) is 12.5 Å². The van der Waals surface area contributed by atoms with Crippen molar-refractivity contribution in [3.8, 4) is 6.07 Å². The van der Waals surface area contributed by atoms with Gasteiger partial charge in [-0.1, -0.05) is 0 Å². The van der Waals surface area contributed by atoms with Crippen LogP contribution in [0.4, 0.5) is 5.69 Å². The lowest BCUT2D eigenvalue weighted by Gasteiger charge is -2.18. The fourth-order valence-corrected chi connectivity index (χ4v) is 2.11. The first-order valence-electron chi connectivity index (χ1n) is 6.46. The Labute approximate surface area is 121 Å². The molecule has 0 aliphatic carbocycles. The van der Waals surface area contributed by atoms with E-state index in [0.29, 0.717) is 11.9 Å². The van der Waals surface area contributed by atoms with Crippen LogP contribution in [0.2, 0.25) is 0 Å². The number of nitriles is 1. The van der Waals surface area contributed by atoms with Gasteiger partial charge in [-0.25, -0.2) is 0 Å². The van der Waals surface area contributed by atoms with E-state index in [2.05, 4.69) is 0 Å². The minimum Gasteiger partial charge on any atom is -0.481 e. The lowest BCUT2D eigenvalue weighted by atomic mass is 10.1. The highest BCUT2D eigenvalue weighted by Crippen LogP contribution is 2.19. The number of anilines is 1. The van der Waals surface area contributed by atoms with Gasteiger partial charge in [-0.2, -0.15) is 5.26 Å². The second-order valence-corrected chi connectivity index (χ2v) is 4.74. The van der Waals surface area contributed by atoms with Crippen molar-refractivity contribution in [1.82, 2.24) is 4.57 Å². The van der Waals surface area contributed by atoms with Crippen LogP contribution in [0, 0.1) is 11.3 Å². The summed E-state index contributed by atoms with van der Waals surface area (Å²) in [5.74, 6) is -0.845. The fraction of sp³-hybridized carbons (Fsp3) is 0.267. The Bertz CT molecular complexity index is 774. The minimum absolute atomic E-state index is 0.0229. The van der Waals surface area contributed by atoms with E-state index in [1.165, 1.54) is 4.57 Å². The molecule has 0 aliphatic heterocycles. The first-order chi connectivity index (χ1) is 10.0. The van der Waals surface area contributed by atoms with Gasteiger partial charge in [0.15, 0.2) is 0 Å². The number of nitrogens with zero attached hydrogens (tertiary/aromatic N) is 3. The summed E-state index contributed by atoms with van der Waals surface area (Å²) in [7, 11) is 1.81. The first kappa shape index (κ1) is 14.6. The van der Waals surface area contributed by atoms with E-state index < -0.39 is 5.97 Å². The lowest BCUT2D eigenvalue weighted by Crippen LogP contribution is -2.22. The van der Waals surface area contributed by atoms with E-state index >= 15 is 0 Å². The number of carbonyl (C=O) groups is 1. The number of aromatic nitrogens is 1. The summed E-state index contributed by atoms with van der Waals surface area (Å²) >= 11 is 0. The van der Waals surface area contributed by atoms with Gasteiger partial charge < -0.3 is 14.6 Å². The van der Waals surface area contributed by atoms with E-state index in [4.69, 9.17) is 10.4 Å². The molecule has 0 aliphatic rings. The maximum Gasteiger partial charge on any atom is 0.305 e. The molecule has 1 aromatic heterocycles. The lowest BCUT2D eigenvalue weighted by molar-refractivity contribution is -0.136. The van der Waals surface area contributed by atoms with Gasteiger partial charge in [-0.15, -0.1) is 0 Å². The molecule has 0 saturated heterocycles. The largest absolute Gasteiger partial charge is 0.481 e. The number of rotatable bonds is 5. The van der Waals surface area contributed by atoms with Crippen molar-refractivity contribution in [2.24, 2.45) is 0 Å². The summed E-state index contributed by atoms with van der Waals surface area (Å²) < 4.78 is 1.36. The van der Waals surface area contributed by atoms with Crippen LogP contribution in [0.3, 0.4) is 0 Å². The number of benzene rings is 1. The van der Waals surface area contributed by atoms with Crippen LogP contribution in [0.25, 0.3) is 10.8 Å². The number of hydrogen-bond donors (Lipinski definition) is 1. The highest BCUT2D eigenvalue weighted by molar-refractivity contribution is 5.85. The van der Waals surface area contributed by atoms with Crippen molar-refractivity contribution in [2.75, 3.05) is 18.5 Å². The monoisotopic (exact) mass is 285 g/mol. The summed E-state index contributed by atoms with van der Waals surface area (Å²) in [4.78, 5) is 24.6. The third-order valence-electron chi connectivity index (χ3n) is 3.30. The molecule has 0 radical (unpaired) electrons. The van der Waals surface area contributed by atoms with Gasteiger partial charge in [-0.3, -0.25) is 9.59 Å². The molecule has 2 aromatic rings. The Morgan fingerprint density at radius 2 is 2.19 bits per heavy atom. The van der Waals surface area contributed by atoms with Gasteiger partial charge >= 0.3 is 5.97 Å². The Balaban J connectivity index is 2.35. The summed E-state index contributed by atoms with van der Waals surface area (Å²) in [5, 5.41) is 18.7. The van der Waals surface area contributed by atoms with Crippen LogP contribution in [0.15, 0.2) is 35.3 Å². The van der Waals surface area contributed by atoms with Gasteiger partial charge in [0, 0.05) is 30.9 Å². The predicted octanol–water partition coefficient (Wildman–Crippen LogP) is 1.44. The molecule has 108 valence electrons. The average molecular weight is 285 g/mol. The molecule has 6 nitrogen and oxygen atoms in total. The Morgan fingerprint density at radius 1 is 1.43 bits per heavy atom. The number of fused-ring (bicyclic) bond motifs is 1. The third kappa shape index (κ3) is 3.20. The molecule has 0 amide bonds. The van der Waals surface area contributed by atoms with E-state index in [9.17, 15) is 9.59 Å². The number of hydrogen-bond acceptors (Lipinski definition) is 4. The average Bonchev–Trinajstić information content (AvgIpc) is 2.47. The first-order valence-corrected chi connectivity index (χ1v) is 6.46. The standard InChI is InChI=1S/C15H15N3O3/c1-17(7-5-14(19)20)12-2-3-13-11(10-12)4-8-18(9-6-16)15(13)21/h2-4,8,10H,5,7,9H2,1H3,(H,19,20). The maximum atomic E-state index is 12.1. The Hall–Kier alpha value is -2.81. The number of carboxylic acids is 1. The second-order valence-electron chi connectivity index (χ2n) is 4.74. The molecule has 6 heteroatoms. The van der Waals surface area contributed by atoms with Gasteiger partial charge in [-0.05, 0) is 29.7 Å². The van der Waals surface area contributed by atoms with Crippen LogP contribution in [-0.4, -0.2) is 29.2 Å². The van der Waals surface area contributed by atoms with Gasteiger partial charge in [0.25, 0.3) is 5.56 Å². The van der Waals surface area contributed by atoms with Crippen molar-refractivity contribution in [2.45, 2.75) is 13.0 Å². The van der Waals surface area contributed by atoms with Crippen molar-refractivity contribution in [1.29, 1.82) is 5.26 Å². The van der Waals surface area contributed by atoms with E-state index in [1.807, 2.05) is 17.0 Å². The maximum absolute atomic E-state index is 12.1. The highest BCUT2D eigenvalue weighted by Gasteiger charge is 2.07. The minimum atomic E-state index is -0.845. The normalized spacial score (nSPS) is 10.3. The Kier molecular flexibility index (Phi) is 4.24. The van der Waals surface area contributed by atoms with Gasteiger partial charge in [0.2, 0.25) is 0 Å². The molecule has 0 bridgehead atoms. The topological polar surface area (TPSA) is 86.3 Å². The van der Waals surface area contributed by atoms with Crippen molar-refractivity contribution in [3.05, 3.63) is 40.8 Å². The smallest absolute Gasteiger partial charge is 0.305 e. The Morgan fingerprint density at radius 3 is 2.86 bits per heavy atom. The summed E-state index contributed by atoms with van der Waals surface area (Å²) in [6, 6.07) is 9.06. The molecule has 2 rings (SSSR count). The summed E-state index contributed by atoms with van der Waals surface area (Å²) in [6.45, 7) is 0.418. The van der Waals surface area contributed by atoms with Crippen LogP contribution < -0.4 is 10.5 Å². The SMILES string of the molecule is CN(CCC(=O)O)c1ccc2c(=O)n(CC#N)ccc2c1. The molecular formula is C15H15N3O3. The molecule has 0 saturated carbocycles. The molecular weight excluding hydrogens is 270 g/mol. The van der Waals surface area contributed by atoms with Crippen molar-refractivity contribution < 1.29 is 9.90 Å². The molecule has 1 N–H and O–H groups in total. The zero-order valence-electron chi connectivity index (χ0n) is 11.6. The molecule has 1 aromatic carbocycles. The van der Waals surface area contributed by atoms with E-state index in [0.717, 1.165) is 11.1 Å². The van der Waals surface area contributed by atoms with Crippen LogP contribution >= 0.6 is 0 Å². The summed E-state index contributed by atoms with van der Waals surface area (Å²) in [5.41, 5.74) is 0.648. The molecule has 21 heavy (non-hydrogen) atoms. The molecule has 0 unspecified atom stereocenters. The van der Waals surface area contributed by atoms with E-state index in [-0.39, 0.29) is 18.5 Å². The number of pyridine rings is 1. The van der Waals surface area contributed by atoms with Gasteiger partial charge in [0.1, 0.15) is 6.54 Å². The quantitative estimate of drug-likeness (QED) is 0.898. The molecule has 0 spiro atoms. The molecule has 1 heterocycles. The van der Waals surface area contributed by atoms with Crippen LogP contribution in [-0.2, 0) is 11.3 Å². The zero-order valence-corrected chi connectivity index (χ0v) is 11.6. The zero-order chi connectivity index (χ0) is 15.4. The molecule has 0 fully saturated rings. The highest BCUT2D eigenvalue weighted by atomic mass is 16.4. The third-order valence-corrected chi connectivity index (χ3v) is 3.30. The fourth-order valence-electron chi connectivity index (χ4n) is 2.11. The predicted molar refractivity (Wildman–Crippen MR) is 79.3 cm³/mol. The second kappa shape index (κ2) is 6.09. The van der Waals surface area contributed by atoms with Crippen LogP contribution in [0.5, 0.6) is 0 Å². The van der Waals surface area contributed by atoms with Crippen LogP contribution in [0.1, 0.15) is 6.42 Å². The van der Waals surface area contributed by atoms with Crippen molar-refractivity contribution >= 4 is 22.4 Å². The molecule has 0 atom stereocenters. The van der Waals surface area contributed by atoms with E-state index in [1.54, 1.807) is 31.4 Å². The van der Waals surface area contributed by atoms with Crippen molar-refractivity contribution in [3.63, 3.8) is 0 Å².